The molecule has 86 valence electrons. The molecule has 0 heterocycles. The molecule has 0 aromatic rings. The van der Waals surface area contributed by atoms with Gasteiger partial charge in [-0.25, -0.2) is 0 Å². The van der Waals surface area contributed by atoms with Crippen LogP contribution in [0.15, 0.2) is 12.7 Å². The van der Waals surface area contributed by atoms with E-state index in [-0.39, 0.29) is 5.91 Å². The lowest BCUT2D eigenvalue weighted by Crippen LogP contribution is -2.56. The first-order valence-electron chi connectivity index (χ1n) is 5.83. The lowest BCUT2D eigenvalue weighted by atomic mass is 9.81. The molecular weight excluding hydrogens is 188 g/mol. The molecule has 0 bridgehead atoms. The first-order chi connectivity index (χ1) is 7.14. The normalized spacial score (nSPS) is 19.6. The van der Waals surface area contributed by atoms with E-state index in [0.29, 0.717) is 13.1 Å². The highest BCUT2D eigenvalue weighted by Crippen LogP contribution is 2.27. The van der Waals surface area contributed by atoms with Crippen LogP contribution in [0.2, 0.25) is 0 Å². The van der Waals surface area contributed by atoms with Gasteiger partial charge in [0.1, 0.15) is 0 Å². The summed E-state index contributed by atoms with van der Waals surface area (Å²) in [5, 5.41) is 0. The maximum atomic E-state index is 12.2. The van der Waals surface area contributed by atoms with Crippen LogP contribution < -0.4 is 5.73 Å². The van der Waals surface area contributed by atoms with Crippen molar-refractivity contribution in [2.75, 3.05) is 13.1 Å². The van der Waals surface area contributed by atoms with Crippen LogP contribution in [0.3, 0.4) is 0 Å². The Kier molecular flexibility index (Phi) is 4.33. The molecule has 3 heteroatoms. The highest BCUT2D eigenvalue weighted by molar-refractivity contribution is 5.86. The molecule has 3 nitrogen and oxygen atoms in total. The van der Waals surface area contributed by atoms with E-state index >= 15 is 0 Å². The zero-order valence-electron chi connectivity index (χ0n) is 9.67. The van der Waals surface area contributed by atoms with Crippen LogP contribution in [0.4, 0.5) is 0 Å². The SMILES string of the molecule is C=CCN(CC)C(=O)C1(N)CCCCC1. The summed E-state index contributed by atoms with van der Waals surface area (Å²) >= 11 is 0. The molecule has 0 aliphatic heterocycles. The average molecular weight is 210 g/mol. The van der Waals surface area contributed by atoms with E-state index < -0.39 is 5.54 Å². The summed E-state index contributed by atoms with van der Waals surface area (Å²) in [6.07, 6.45) is 6.79. The van der Waals surface area contributed by atoms with Gasteiger partial charge in [-0.15, -0.1) is 6.58 Å². The van der Waals surface area contributed by atoms with Gasteiger partial charge in [0.15, 0.2) is 0 Å². The van der Waals surface area contributed by atoms with Gasteiger partial charge in [-0.2, -0.15) is 0 Å². The molecule has 0 aromatic heterocycles. The van der Waals surface area contributed by atoms with E-state index in [4.69, 9.17) is 5.73 Å². The number of carbonyl (C=O) groups excluding carboxylic acids is 1. The van der Waals surface area contributed by atoms with Crippen molar-refractivity contribution in [3.63, 3.8) is 0 Å². The highest BCUT2D eigenvalue weighted by Gasteiger charge is 2.37. The number of carbonyl (C=O) groups is 1. The van der Waals surface area contributed by atoms with Gasteiger partial charge in [-0.1, -0.05) is 25.3 Å². The van der Waals surface area contributed by atoms with E-state index in [1.807, 2.05) is 6.92 Å². The quantitative estimate of drug-likeness (QED) is 0.718. The van der Waals surface area contributed by atoms with Gasteiger partial charge in [-0.3, -0.25) is 4.79 Å². The monoisotopic (exact) mass is 210 g/mol. The van der Waals surface area contributed by atoms with Gasteiger partial charge >= 0.3 is 0 Å². The molecule has 15 heavy (non-hydrogen) atoms. The zero-order chi connectivity index (χ0) is 11.3. The van der Waals surface area contributed by atoms with Crippen molar-refractivity contribution >= 4 is 5.91 Å². The van der Waals surface area contributed by atoms with Crippen LogP contribution >= 0.6 is 0 Å². The van der Waals surface area contributed by atoms with E-state index in [9.17, 15) is 4.79 Å². The smallest absolute Gasteiger partial charge is 0.242 e. The van der Waals surface area contributed by atoms with Gasteiger partial charge in [0.05, 0.1) is 5.54 Å². The maximum Gasteiger partial charge on any atom is 0.242 e. The van der Waals surface area contributed by atoms with Crippen molar-refractivity contribution in [3.8, 4) is 0 Å². The number of nitrogens with two attached hydrogens (primary N) is 1. The minimum Gasteiger partial charge on any atom is -0.338 e. The Hall–Kier alpha value is -0.830. The van der Waals surface area contributed by atoms with Gasteiger partial charge < -0.3 is 10.6 Å². The first-order valence-corrected chi connectivity index (χ1v) is 5.83. The third kappa shape index (κ3) is 2.81. The van der Waals surface area contributed by atoms with Crippen molar-refractivity contribution in [2.45, 2.75) is 44.6 Å². The fraction of sp³-hybridized carbons (Fsp3) is 0.750. The summed E-state index contributed by atoms with van der Waals surface area (Å²) in [5.74, 6) is 0.101. The largest absolute Gasteiger partial charge is 0.338 e. The fourth-order valence-electron chi connectivity index (χ4n) is 2.22. The number of likely N-dealkylation sites (N-methyl/N-ethyl adjacent to an activating group) is 1. The number of nitrogens with zero attached hydrogens (tertiary/aromatic N) is 1. The summed E-state index contributed by atoms with van der Waals surface area (Å²) in [7, 11) is 0. The van der Waals surface area contributed by atoms with Crippen molar-refractivity contribution in [2.24, 2.45) is 5.73 Å². The highest BCUT2D eigenvalue weighted by atomic mass is 16.2. The third-order valence-electron chi connectivity index (χ3n) is 3.19. The molecular formula is C12H22N2O. The van der Waals surface area contributed by atoms with Crippen LogP contribution in [-0.4, -0.2) is 29.4 Å². The molecule has 1 saturated carbocycles. The predicted octanol–water partition coefficient (Wildman–Crippen LogP) is 1.68. The van der Waals surface area contributed by atoms with E-state index in [1.165, 1.54) is 6.42 Å². The Morgan fingerprint density at radius 1 is 1.47 bits per heavy atom. The number of hydrogen-bond acceptors (Lipinski definition) is 2. The molecule has 1 rings (SSSR count). The Labute approximate surface area is 92.3 Å². The second-order valence-corrected chi connectivity index (χ2v) is 4.35. The molecule has 1 amide bonds. The molecule has 0 radical (unpaired) electrons. The number of amides is 1. The minimum absolute atomic E-state index is 0.101. The van der Waals surface area contributed by atoms with E-state index in [2.05, 4.69) is 6.58 Å². The van der Waals surface area contributed by atoms with Crippen molar-refractivity contribution in [1.82, 2.24) is 4.90 Å². The molecule has 0 spiro atoms. The fourth-order valence-corrected chi connectivity index (χ4v) is 2.22. The second kappa shape index (κ2) is 5.31. The molecule has 0 atom stereocenters. The van der Waals surface area contributed by atoms with Gasteiger partial charge in [0.2, 0.25) is 5.91 Å². The Morgan fingerprint density at radius 3 is 2.53 bits per heavy atom. The minimum atomic E-state index is -0.600. The number of rotatable bonds is 4. The van der Waals surface area contributed by atoms with E-state index in [0.717, 1.165) is 25.7 Å². The Morgan fingerprint density at radius 2 is 2.07 bits per heavy atom. The summed E-state index contributed by atoms with van der Waals surface area (Å²) in [5.41, 5.74) is 5.58. The van der Waals surface area contributed by atoms with Gasteiger partial charge in [0.25, 0.3) is 0 Å². The van der Waals surface area contributed by atoms with Gasteiger partial charge in [-0.05, 0) is 19.8 Å². The van der Waals surface area contributed by atoms with Crippen molar-refractivity contribution in [3.05, 3.63) is 12.7 Å². The summed E-state index contributed by atoms with van der Waals surface area (Å²) in [4.78, 5) is 14.0. The van der Waals surface area contributed by atoms with Crippen molar-refractivity contribution < 1.29 is 4.79 Å². The summed E-state index contributed by atoms with van der Waals surface area (Å²) < 4.78 is 0. The summed E-state index contributed by atoms with van der Waals surface area (Å²) in [6.45, 7) is 6.96. The molecule has 0 aromatic carbocycles. The van der Waals surface area contributed by atoms with E-state index in [1.54, 1.807) is 11.0 Å². The Bertz CT molecular complexity index is 232. The van der Waals surface area contributed by atoms with Crippen LogP contribution in [0.5, 0.6) is 0 Å². The molecule has 0 saturated heterocycles. The summed E-state index contributed by atoms with van der Waals surface area (Å²) in [6, 6.07) is 0. The average Bonchev–Trinajstić information content (AvgIpc) is 2.26. The van der Waals surface area contributed by atoms with Crippen molar-refractivity contribution in [1.29, 1.82) is 0 Å². The van der Waals surface area contributed by atoms with Crippen LogP contribution in [0.25, 0.3) is 0 Å². The Balaban J connectivity index is 2.66. The third-order valence-corrected chi connectivity index (χ3v) is 3.19. The van der Waals surface area contributed by atoms with Crippen LogP contribution in [-0.2, 0) is 4.79 Å². The standard InChI is InChI=1S/C12H22N2O/c1-3-10-14(4-2)11(15)12(13)8-6-5-7-9-12/h3H,1,4-10,13H2,2H3. The lowest BCUT2D eigenvalue weighted by molar-refractivity contribution is -0.137. The zero-order valence-corrected chi connectivity index (χ0v) is 9.67. The maximum absolute atomic E-state index is 12.2. The topological polar surface area (TPSA) is 46.3 Å². The molecule has 2 N–H and O–H groups in total. The lowest BCUT2D eigenvalue weighted by Gasteiger charge is -2.36. The van der Waals surface area contributed by atoms with Crippen LogP contribution in [0.1, 0.15) is 39.0 Å². The first kappa shape index (κ1) is 12.2. The molecule has 1 aliphatic carbocycles. The predicted molar refractivity (Wildman–Crippen MR) is 62.5 cm³/mol. The second-order valence-electron chi connectivity index (χ2n) is 4.35. The molecule has 1 fully saturated rings. The number of hydrogen-bond donors (Lipinski definition) is 1. The van der Waals surface area contributed by atoms with Gasteiger partial charge in [0, 0.05) is 13.1 Å². The molecule has 0 unspecified atom stereocenters. The van der Waals surface area contributed by atoms with Crippen LogP contribution in [0, 0.1) is 0 Å². The molecule has 1 aliphatic rings.